The molecule has 0 radical (unpaired) electrons. The monoisotopic (exact) mass is 337 g/mol. The normalized spacial score (nSPS) is 21.1. The van der Waals surface area contributed by atoms with E-state index in [2.05, 4.69) is 5.32 Å². The molecular formula is C16H20ClN3O3. The van der Waals surface area contributed by atoms with Crippen LogP contribution < -0.4 is 10.2 Å². The molecule has 1 aromatic rings. The smallest absolute Gasteiger partial charge is 0.325 e. The quantitative estimate of drug-likeness (QED) is 0.892. The molecule has 3 rings (SSSR count). The molecule has 0 aliphatic carbocycles. The molecule has 2 heterocycles. The van der Waals surface area contributed by atoms with E-state index in [0.717, 1.165) is 25.1 Å². The van der Waals surface area contributed by atoms with Crippen molar-refractivity contribution in [2.45, 2.75) is 18.9 Å². The molecule has 124 valence electrons. The highest BCUT2D eigenvalue weighted by molar-refractivity contribution is 6.30. The fraction of sp³-hybridized carbons (Fsp3) is 0.500. The lowest BCUT2D eigenvalue weighted by atomic mass is 10.2. The Labute approximate surface area is 140 Å². The molecule has 0 saturated carbocycles. The molecule has 2 aliphatic heterocycles. The van der Waals surface area contributed by atoms with E-state index < -0.39 is 0 Å². The fourth-order valence-electron chi connectivity index (χ4n) is 2.85. The van der Waals surface area contributed by atoms with Gasteiger partial charge in [-0.2, -0.15) is 0 Å². The molecule has 3 amide bonds. The van der Waals surface area contributed by atoms with Crippen molar-refractivity contribution < 1.29 is 14.3 Å². The standard InChI is InChI=1S/C16H20ClN3O3/c17-12-3-5-13(6-4-12)20-8-7-19(16(20)22)11-15(21)18-10-14-2-1-9-23-14/h3-6,14H,1-2,7-11H2,(H,18,21)/t14-/m1/s1. The van der Waals surface area contributed by atoms with E-state index in [9.17, 15) is 9.59 Å². The molecule has 1 N–H and O–H groups in total. The van der Waals surface area contributed by atoms with Gasteiger partial charge in [-0.3, -0.25) is 9.69 Å². The van der Waals surface area contributed by atoms with Crippen molar-refractivity contribution in [3.8, 4) is 0 Å². The largest absolute Gasteiger partial charge is 0.376 e. The summed E-state index contributed by atoms with van der Waals surface area (Å²) >= 11 is 5.86. The number of nitrogens with zero attached hydrogens (tertiary/aromatic N) is 2. The van der Waals surface area contributed by atoms with Crippen LogP contribution in [0.5, 0.6) is 0 Å². The minimum Gasteiger partial charge on any atom is -0.376 e. The number of hydrogen-bond acceptors (Lipinski definition) is 3. The Kier molecular flexibility index (Phi) is 5.03. The van der Waals surface area contributed by atoms with Crippen molar-refractivity contribution in [3.63, 3.8) is 0 Å². The third-order valence-corrected chi connectivity index (χ3v) is 4.37. The molecule has 2 aliphatic rings. The second-order valence-corrected chi connectivity index (χ2v) is 6.21. The van der Waals surface area contributed by atoms with E-state index in [0.29, 0.717) is 24.7 Å². The number of carbonyl (C=O) groups excluding carboxylic acids is 2. The Balaban J connectivity index is 1.50. The summed E-state index contributed by atoms with van der Waals surface area (Å²) in [6.07, 6.45) is 2.13. The third kappa shape index (κ3) is 3.95. The Morgan fingerprint density at radius 1 is 1.30 bits per heavy atom. The van der Waals surface area contributed by atoms with Crippen molar-refractivity contribution in [1.82, 2.24) is 10.2 Å². The van der Waals surface area contributed by atoms with Crippen molar-refractivity contribution in [1.29, 1.82) is 0 Å². The number of halogens is 1. The van der Waals surface area contributed by atoms with Gasteiger partial charge in [-0.05, 0) is 37.1 Å². The van der Waals surface area contributed by atoms with Crippen molar-refractivity contribution >= 4 is 29.2 Å². The summed E-state index contributed by atoms with van der Waals surface area (Å²) in [5, 5.41) is 3.47. The Bertz CT molecular complexity index is 572. The summed E-state index contributed by atoms with van der Waals surface area (Å²) < 4.78 is 5.46. The molecule has 1 atom stereocenters. The number of anilines is 1. The number of amides is 3. The number of carbonyl (C=O) groups is 2. The van der Waals surface area contributed by atoms with E-state index >= 15 is 0 Å². The van der Waals surface area contributed by atoms with Crippen LogP contribution in [0.4, 0.5) is 10.5 Å². The van der Waals surface area contributed by atoms with Crippen LogP contribution in [0.3, 0.4) is 0 Å². The summed E-state index contributed by atoms with van der Waals surface area (Å²) in [4.78, 5) is 27.6. The molecule has 2 fully saturated rings. The van der Waals surface area contributed by atoms with Gasteiger partial charge in [0, 0.05) is 37.0 Å². The number of benzene rings is 1. The minimum absolute atomic E-state index is 0.0790. The second kappa shape index (κ2) is 7.19. The average Bonchev–Trinajstić information content (AvgIpc) is 3.18. The predicted octanol–water partition coefficient (Wildman–Crippen LogP) is 1.88. The van der Waals surface area contributed by atoms with Gasteiger partial charge in [0.1, 0.15) is 6.54 Å². The summed E-state index contributed by atoms with van der Waals surface area (Å²) in [5.74, 6) is -0.146. The molecule has 1 aromatic carbocycles. The topological polar surface area (TPSA) is 61.9 Å². The van der Waals surface area contributed by atoms with E-state index in [1.165, 1.54) is 0 Å². The van der Waals surface area contributed by atoms with Gasteiger partial charge in [-0.1, -0.05) is 11.6 Å². The van der Waals surface area contributed by atoms with Gasteiger partial charge in [-0.25, -0.2) is 4.79 Å². The highest BCUT2D eigenvalue weighted by Gasteiger charge is 2.30. The fourth-order valence-corrected chi connectivity index (χ4v) is 2.98. The molecular weight excluding hydrogens is 318 g/mol. The van der Waals surface area contributed by atoms with E-state index in [1.54, 1.807) is 34.1 Å². The van der Waals surface area contributed by atoms with Gasteiger partial charge < -0.3 is 15.0 Å². The zero-order valence-electron chi connectivity index (χ0n) is 12.8. The van der Waals surface area contributed by atoms with E-state index in [4.69, 9.17) is 16.3 Å². The summed E-state index contributed by atoms with van der Waals surface area (Å²) in [6.45, 7) is 2.47. The van der Waals surface area contributed by atoms with Gasteiger partial charge in [0.2, 0.25) is 5.91 Å². The number of nitrogens with one attached hydrogen (secondary N) is 1. The maximum atomic E-state index is 12.4. The van der Waals surface area contributed by atoms with Crippen LogP contribution in [-0.2, 0) is 9.53 Å². The molecule has 0 aromatic heterocycles. The van der Waals surface area contributed by atoms with Crippen molar-refractivity contribution in [3.05, 3.63) is 29.3 Å². The number of rotatable bonds is 5. The second-order valence-electron chi connectivity index (χ2n) is 5.77. The van der Waals surface area contributed by atoms with Crippen molar-refractivity contribution in [2.24, 2.45) is 0 Å². The first-order chi connectivity index (χ1) is 11.1. The highest BCUT2D eigenvalue weighted by Crippen LogP contribution is 2.22. The Morgan fingerprint density at radius 3 is 2.78 bits per heavy atom. The molecule has 7 heteroatoms. The van der Waals surface area contributed by atoms with Crippen LogP contribution in [0.15, 0.2) is 24.3 Å². The Hall–Kier alpha value is -1.79. The first-order valence-corrected chi connectivity index (χ1v) is 8.21. The first-order valence-electron chi connectivity index (χ1n) is 7.84. The number of ether oxygens (including phenoxy) is 1. The predicted molar refractivity (Wildman–Crippen MR) is 87.8 cm³/mol. The maximum Gasteiger partial charge on any atom is 0.325 e. The maximum absolute atomic E-state index is 12.4. The Morgan fingerprint density at radius 2 is 2.09 bits per heavy atom. The van der Waals surface area contributed by atoms with E-state index in [1.807, 2.05) is 0 Å². The number of hydrogen-bond donors (Lipinski definition) is 1. The highest BCUT2D eigenvalue weighted by atomic mass is 35.5. The molecule has 6 nitrogen and oxygen atoms in total. The lowest BCUT2D eigenvalue weighted by molar-refractivity contribution is -0.122. The zero-order chi connectivity index (χ0) is 16.2. The van der Waals surface area contributed by atoms with E-state index in [-0.39, 0.29) is 24.6 Å². The van der Waals surface area contributed by atoms with Crippen LogP contribution in [0.2, 0.25) is 5.02 Å². The average molecular weight is 338 g/mol. The van der Waals surface area contributed by atoms with Crippen molar-refractivity contribution in [2.75, 3.05) is 37.7 Å². The van der Waals surface area contributed by atoms with Crippen LogP contribution in [-0.4, -0.2) is 55.7 Å². The molecule has 23 heavy (non-hydrogen) atoms. The molecule has 0 unspecified atom stereocenters. The van der Waals surface area contributed by atoms with Crippen LogP contribution in [0.1, 0.15) is 12.8 Å². The lowest BCUT2D eigenvalue weighted by Gasteiger charge is -2.19. The van der Waals surface area contributed by atoms with Gasteiger partial charge in [0.25, 0.3) is 0 Å². The molecule has 0 spiro atoms. The summed E-state index contributed by atoms with van der Waals surface area (Å²) in [7, 11) is 0. The zero-order valence-corrected chi connectivity index (χ0v) is 13.6. The lowest BCUT2D eigenvalue weighted by Crippen LogP contribution is -2.42. The van der Waals surface area contributed by atoms with Gasteiger partial charge in [0.05, 0.1) is 6.10 Å². The van der Waals surface area contributed by atoms with Crippen LogP contribution >= 0.6 is 11.6 Å². The molecule has 2 saturated heterocycles. The van der Waals surface area contributed by atoms with Gasteiger partial charge in [0.15, 0.2) is 0 Å². The minimum atomic E-state index is -0.153. The summed E-state index contributed by atoms with van der Waals surface area (Å²) in [5.41, 5.74) is 0.793. The van der Waals surface area contributed by atoms with Gasteiger partial charge >= 0.3 is 6.03 Å². The first kappa shape index (κ1) is 16.1. The van der Waals surface area contributed by atoms with Crippen LogP contribution in [0, 0.1) is 0 Å². The molecule has 0 bridgehead atoms. The summed E-state index contributed by atoms with van der Waals surface area (Å²) in [6, 6.07) is 6.96. The SMILES string of the molecule is O=C(CN1CCN(c2ccc(Cl)cc2)C1=O)NC[C@H]1CCCO1. The number of urea groups is 1. The van der Waals surface area contributed by atoms with Crippen LogP contribution in [0.25, 0.3) is 0 Å². The van der Waals surface area contributed by atoms with Gasteiger partial charge in [-0.15, -0.1) is 0 Å². The third-order valence-electron chi connectivity index (χ3n) is 4.12.